The van der Waals surface area contributed by atoms with Gasteiger partial charge in [0.1, 0.15) is 0 Å². The van der Waals surface area contributed by atoms with Crippen molar-refractivity contribution in [3.05, 3.63) is 68.4 Å². The monoisotopic (exact) mass is 575 g/mol. The van der Waals surface area contributed by atoms with Crippen LogP contribution in [0.5, 0.6) is 0 Å². The van der Waals surface area contributed by atoms with Crippen molar-refractivity contribution >= 4 is 46.5 Å². The summed E-state index contributed by atoms with van der Waals surface area (Å²) in [4.78, 5) is 34.5. The first-order chi connectivity index (χ1) is 17.9. The summed E-state index contributed by atoms with van der Waals surface area (Å²) in [5.41, 5.74) is -2.57. The molecule has 2 atom stereocenters. The van der Waals surface area contributed by atoms with Crippen molar-refractivity contribution < 1.29 is 41.6 Å². The third-order valence-corrected chi connectivity index (χ3v) is 6.46. The maximum Gasteiger partial charge on any atom is 0.435 e. The van der Waals surface area contributed by atoms with Crippen molar-refractivity contribution in [1.82, 2.24) is 5.32 Å². The molecule has 0 radical (unpaired) electrons. The number of hydrogen-bond donors (Lipinski definition) is 1. The van der Waals surface area contributed by atoms with Gasteiger partial charge in [0, 0.05) is 17.5 Å². The Balaban J connectivity index is 1.51. The molecular weight excluding hydrogens is 557 g/mol. The van der Waals surface area contributed by atoms with Crippen molar-refractivity contribution in [2.45, 2.75) is 44.7 Å². The van der Waals surface area contributed by atoms with Gasteiger partial charge in [-0.3, -0.25) is 4.79 Å². The minimum absolute atomic E-state index is 0.00674. The molecule has 0 aromatic heterocycles. The molecule has 0 saturated carbocycles. The normalized spacial score (nSPS) is 20.8. The molecule has 8 nitrogen and oxygen atoms in total. The van der Waals surface area contributed by atoms with Crippen molar-refractivity contribution in [2.24, 2.45) is 10.3 Å². The highest BCUT2D eigenvalue weighted by molar-refractivity contribution is 6.36. The molecule has 0 saturated heterocycles. The first kappa shape index (κ1) is 27.6. The predicted molar refractivity (Wildman–Crippen MR) is 129 cm³/mol. The number of benzene rings is 2. The lowest BCUT2D eigenvalue weighted by Crippen LogP contribution is -2.42. The number of esters is 1. The zero-order valence-corrected chi connectivity index (χ0v) is 21.3. The average molecular weight is 576 g/mol. The third-order valence-electron chi connectivity index (χ3n) is 5.91. The Kier molecular flexibility index (Phi) is 7.57. The lowest BCUT2D eigenvalue weighted by Gasteiger charge is -2.29. The Labute approximate surface area is 223 Å². The number of ether oxygens (including phenoxy) is 1. The second-order valence-corrected chi connectivity index (χ2v) is 9.26. The van der Waals surface area contributed by atoms with Crippen LogP contribution >= 0.6 is 23.2 Å². The summed E-state index contributed by atoms with van der Waals surface area (Å²) >= 11 is 11.5. The van der Waals surface area contributed by atoms with E-state index in [4.69, 9.17) is 37.6 Å². The van der Waals surface area contributed by atoms with Crippen molar-refractivity contribution in [3.8, 4) is 0 Å². The van der Waals surface area contributed by atoms with E-state index in [1.807, 2.05) is 0 Å². The molecule has 1 unspecified atom stereocenters. The summed E-state index contributed by atoms with van der Waals surface area (Å²) in [5.74, 6) is -2.25. The van der Waals surface area contributed by atoms with Crippen LogP contribution < -0.4 is 5.32 Å². The first-order valence-corrected chi connectivity index (χ1v) is 11.9. The van der Waals surface area contributed by atoms with Crippen LogP contribution in [-0.2, 0) is 24.8 Å². The maximum absolute atomic E-state index is 14.2. The Morgan fingerprint density at radius 1 is 1.18 bits per heavy atom. The van der Waals surface area contributed by atoms with Crippen LogP contribution in [0, 0.1) is 12.7 Å². The van der Waals surface area contributed by atoms with E-state index in [-0.39, 0.29) is 35.6 Å². The Morgan fingerprint density at radius 2 is 1.87 bits per heavy atom. The van der Waals surface area contributed by atoms with Gasteiger partial charge >= 0.3 is 12.1 Å². The van der Waals surface area contributed by atoms with Crippen molar-refractivity contribution in [2.75, 3.05) is 6.61 Å². The molecule has 38 heavy (non-hydrogen) atoms. The quantitative estimate of drug-likeness (QED) is 0.282. The summed E-state index contributed by atoms with van der Waals surface area (Å²) < 4.78 is 61.4. The van der Waals surface area contributed by atoms with Crippen molar-refractivity contribution in [3.63, 3.8) is 0 Å². The van der Waals surface area contributed by atoms with Gasteiger partial charge in [0.15, 0.2) is 11.5 Å². The number of alkyl halides is 3. The van der Waals surface area contributed by atoms with Gasteiger partial charge in [-0.1, -0.05) is 39.6 Å². The van der Waals surface area contributed by atoms with E-state index in [9.17, 15) is 27.2 Å². The van der Waals surface area contributed by atoms with E-state index in [2.05, 4.69) is 15.6 Å². The molecule has 1 N–H and O–H groups in total. The number of hydrogen-bond acceptors (Lipinski definition) is 7. The fourth-order valence-electron chi connectivity index (χ4n) is 3.96. The zero-order valence-electron chi connectivity index (χ0n) is 19.8. The summed E-state index contributed by atoms with van der Waals surface area (Å²) in [5, 5.41) is 8.67. The Morgan fingerprint density at radius 3 is 2.47 bits per heavy atom. The molecule has 202 valence electrons. The summed E-state index contributed by atoms with van der Waals surface area (Å²) in [6, 6.07) is 5.90. The van der Waals surface area contributed by atoms with E-state index >= 15 is 0 Å². The van der Waals surface area contributed by atoms with Crippen LogP contribution in [0.3, 0.4) is 0 Å². The van der Waals surface area contributed by atoms with Crippen LogP contribution in [0.25, 0.3) is 0 Å². The van der Waals surface area contributed by atoms with E-state index < -0.39 is 57.7 Å². The lowest BCUT2D eigenvalue weighted by molar-refractivity contribution is -0.275. The van der Waals surface area contributed by atoms with Gasteiger partial charge in [-0.15, -0.1) is 0 Å². The predicted octanol–water partition coefficient (Wildman–Crippen LogP) is 5.42. The van der Waals surface area contributed by atoms with E-state index in [1.165, 1.54) is 18.2 Å². The SMILES string of the molecule is CCOC(=O)C1=NOC(NC(=O)c2ccc(C3=NO[C@@](c4cc(Cl)c(F)c(Cl)c4)(C(F)(F)F)C3)cc2C)C1. The molecule has 2 heterocycles. The maximum atomic E-state index is 14.2. The highest BCUT2D eigenvalue weighted by Gasteiger charge is 2.62. The lowest BCUT2D eigenvalue weighted by atomic mass is 9.86. The number of rotatable bonds is 6. The van der Waals surface area contributed by atoms with Crippen LogP contribution in [0.1, 0.15) is 46.8 Å². The molecule has 0 bridgehead atoms. The highest BCUT2D eigenvalue weighted by atomic mass is 35.5. The number of carbonyl (C=O) groups excluding carboxylic acids is 2. The highest BCUT2D eigenvalue weighted by Crippen LogP contribution is 2.50. The van der Waals surface area contributed by atoms with Gasteiger partial charge in [0.25, 0.3) is 11.5 Å². The first-order valence-electron chi connectivity index (χ1n) is 11.1. The molecule has 2 aliphatic heterocycles. The van der Waals surface area contributed by atoms with Crippen molar-refractivity contribution in [1.29, 1.82) is 0 Å². The molecule has 2 aromatic rings. The zero-order chi connectivity index (χ0) is 27.8. The molecular formula is C24H19Cl2F4N3O5. The summed E-state index contributed by atoms with van der Waals surface area (Å²) in [7, 11) is 0. The van der Waals surface area contributed by atoms with E-state index in [1.54, 1.807) is 13.8 Å². The second-order valence-electron chi connectivity index (χ2n) is 8.44. The molecule has 0 spiro atoms. The molecule has 0 fully saturated rings. The van der Waals surface area contributed by atoms with Crippen LogP contribution in [0.4, 0.5) is 17.6 Å². The number of amides is 1. The Bertz CT molecular complexity index is 1340. The van der Waals surface area contributed by atoms with E-state index in [0.29, 0.717) is 5.56 Å². The van der Waals surface area contributed by atoms with Gasteiger partial charge in [-0.05, 0) is 49.2 Å². The van der Waals surface area contributed by atoms with Crippen LogP contribution in [0.15, 0.2) is 40.6 Å². The Hall–Kier alpha value is -3.38. The molecule has 0 aliphatic carbocycles. The largest absolute Gasteiger partial charge is 0.461 e. The van der Waals surface area contributed by atoms with Gasteiger partial charge in [0.2, 0.25) is 6.23 Å². The molecule has 2 aliphatic rings. The topological polar surface area (TPSA) is 98.6 Å². The van der Waals surface area contributed by atoms with Gasteiger partial charge in [-0.25, -0.2) is 9.18 Å². The average Bonchev–Trinajstić information content (AvgIpc) is 3.50. The van der Waals surface area contributed by atoms with Crippen LogP contribution in [0.2, 0.25) is 10.0 Å². The smallest absolute Gasteiger partial charge is 0.435 e. The fourth-order valence-corrected chi connectivity index (χ4v) is 4.45. The molecule has 2 aromatic carbocycles. The standard InChI is InChI=1S/C24H19Cl2F4N3O5/c1-3-36-22(35)17-9-19(37-32-17)31-21(34)14-5-4-12(6-11(14)2)18-10-23(38-33-18,24(28,29)30)13-7-15(25)20(27)16(26)8-13/h4-8,19H,3,9-10H2,1-2H3,(H,31,34)/t19?,23-/m0/s1. The van der Waals surface area contributed by atoms with E-state index in [0.717, 1.165) is 12.1 Å². The molecule has 1 amide bonds. The van der Waals surface area contributed by atoms with Gasteiger partial charge in [0.05, 0.1) is 28.8 Å². The molecule has 14 heteroatoms. The number of aryl methyl sites for hydroxylation is 1. The number of carbonyl (C=O) groups is 2. The second kappa shape index (κ2) is 10.4. The number of nitrogens with one attached hydrogen (secondary N) is 1. The summed E-state index contributed by atoms with van der Waals surface area (Å²) in [6.07, 6.45) is -6.59. The number of halogens is 6. The summed E-state index contributed by atoms with van der Waals surface area (Å²) in [6.45, 7) is 3.38. The van der Waals surface area contributed by atoms with Gasteiger partial charge in [-0.2, -0.15) is 13.2 Å². The number of nitrogens with zero attached hydrogens (tertiary/aromatic N) is 2. The minimum atomic E-state index is -4.95. The number of oxime groups is 2. The fraction of sp³-hybridized carbons (Fsp3) is 0.333. The van der Waals surface area contributed by atoms with Crippen LogP contribution in [-0.4, -0.2) is 42.3 Å². The third kappa shape index (κ3) is 5.14. The van der Waals surface area contributed by atoms with Gasteiger partial charge < -0.3 is 19.7 Å². The minimum Gasteiger partial charge on any atom is -0.461 e. The molecule has 4 rings (SSSR count).